The zero-order valence-corrected chi connectivity index (χ0v) is 10.4. The number of anilines is 1. The highest BCUT2D eigenvalue weighted by Crippen LogP contribution is 2.24. The highest BCUT2D eigenvalue weighted by molar-refractivity contribution is 6.14. The molecule has 18 heavy (non-hydrogen) atoms. The Morgan fingerprint density at radius 1 is 1.39 bits per heavy atom. The van der Waals surface area contributed by atoms with Gasteiger partial charge in [-0.3, -0.25) is 4.79 Å². The first-order valence-electron chi connectivity index (χ1n) is 6.16. The fourth-order valence-electron chi connectivity index (χ4n) is 2.02. The highest BCUT2D eigenvalue weighted by Gasteiger charge is 2.36. The Labute approximate surface area is 106 Å². The predicted octanol–water partition coefficient (Wildman–Crippen LogP) is 0.944. The van der Waals surface area contributed by atoms with E-state index in [-0.39, 0.29) is 11.8 Å². The van der Waals surface area contributed by atoms with Crippen LogP contribution in [0.5, 0.6) is 0 Å². The minimum Gasteiger partial charge on any atom is -0.330 e. The number of hydrogen-bond donors (Lipinski definition) is 1. The second-order valence-corrected chi connectivity index (χ2v) is 4.17. The molecule has 0 bridgehead atoms. The van der Waals surface area contributed by atoms with Gasteiger partial charge in [0.15, 0.2) is 0 Å². The van der Waals surface area contributed by atoms with Crippen LogP contribution in [0.3, 0.4) is 0 Å². The number of aromatic nitrogens is 2. The maximum absolute atomic E-state index is 12.3. The van der Waals surface area contributed by atoms with Crippen LogP contribution in [0.25, 0.3) is 0 Å². The lowest BCUT2D eigenvalue weighted by atomic mass is 9.96. The summed E-state index contributed by atoms with van der Waals surface area (Å²) in [6, 6.07) is 1.71. The van der Waals surface area contributed by atoms with Crippen molar-refractivity contribution >= 4 is 17.6 Å². The average molecular weight is 247 g/mol. The van der Waals surface area contributed by atoms with Gasteiger partial charge in [-0.05, 0) is 25.5 Å². The van der Waals surface area contributed by atoms with Crippen LogP contribution < -0.4 is 10.7 Å². The third kappa shape index (κ3) is 2.38. The molecule has 1 aliphatic rings. The number of amides is 1. The molecule has 0 saturated heterocycles. The highest BCUT2D eigenvalue weighted by atomic mass is 16.2. The topological polar surface area (TPSA) is 84.5 Å². The number of nitrogens with two attached hydrogens (primary N) is 1. The number of hydrazone groups is 1. The summed E-state index contributed by atoms with van der Waals surface area (Å²) in [5, 5.41) is 5.65. The second-order valence-electron chi connectivity index (χ2n) is 4.17. The monoisotopic (exact) mass is 247 g/mol. The molecular formula is C12H17N5O. The Bertz CT molecular complexity index is 445. The molecule has 0 aliphatic carbocycles. The van der Waals surface area contributed by atoms with Crippen molar-refractivity contribution in [2.75, 3.05) is 11.6 Å². The van der Waals surface area contributed by atoms with Crippen LogP contribution in [0.1, 0.15) is 26.2 Å². The van der Waals surface area contributed by atoms with Crippen molar-refractivity contribution in [1.82, 2.24) is 9.97 Å². The van der Waals surface area contributed by atoms with Gasteiger partial charge in [0.05, 0.1) is 11.6 Å². The zero-order valence-electron chi connectivity index (χ0n) is 10.4. The zero-order chi connectivity index (χ0) is 13.0. The lowest BCUT2D eigenvalue weighted by Crippen LogP contribution is -2.30. The lowest BCUT2D eigenvalue weighted by molar-refractivity contribution is -0.119. The van der Waals surface area contributed by atoms with Crippen LogP contribution in [0, 0.1) is 5.92 Å². The van der Waals surface area contributed by atoms with E-state index in [9.17, 15) is 4.79 Å². The van der Waals surface area contributed by atoms with Crippen molar-refractivity contribution < 1.29 is 4.79 Å². The van der Waals surface area contributed by atoms with E-state index < -0.39 is 0 Å². The Balaban J connectivity index is 2.25. The molecule has 2 rings (SSSR count). The van der Waals surface area contributed by atoms with Crippen molar-refractivity contribution in [3.63, 3.8) is 0 Å². The van der Waals surface area contributed by atoms with E-state index in [0.29, 0.717) is 18.9 Å². The van der Waals surface area contributed by atoms with Gasteiger partial charge in [0.25, 0.3) is 11.9 Å². The molecule has 1 aliphatic heterocycles. The van der Waals surface area contributed by atoms with Crippen LogP contribution in [0.2, 0.25) is 0 Å². The number of hydrogen-bond acceptors (Lipinski definition) is 5. The summed E-state index contributed by atoms with van der Waals surface area (Å²) in [6.45, 7) is 2.54. The number of nitrogens with zero attached hydrogens (tertiary/aromatic N) is 4. The summed E-state index contributed by atoms with van der Waals surface area (Å²) in [5.74, 6) is 0.0458. The van der Waals surface area contributed by atoms with Crippen LogP contribution in [-0.4, -0.2) is 28.1 Å². The van der Waals surface area contributed by atoms with Gasteiger partial charge >= 0.3 is 0 Å². The number of carbonyl (C=O) groups excluding carboxylic acids is 1. The summed E-state index contributed by atoms with van der Waals surface area (Å²) in [4.78, 5) is 20.4. The molecule has 0 saturated carbocycles. The molecule has 0 spiro atoms. The molecule has 1 atom stereocenters. The van der Waals surface area contributed by atoms with Crippen molar-refractivity contribution in [1.29, 1.82) is 0 Å². The molecule has 1 unspecified atom stereocenters. The van der Waals surface area contributed by atoms with Gasteiger partial charge in [0, 0.05) is 12.4 Å². The predicted molar refractivity (Wildman–Crippen MR) is 69.0 cm³/mol. The molecular weight excluding hydrogens is 230 g/mol. The fraction of sp³-hybridized carbons (Fsp3) is 0.500. The van der Waals surface area contributed by atoms with Gasteiger partial charge in [-0.2, -0.15) is 10.1 Å². The minimum atomic E-state index is -0.209. The molecule has 2 N–H and O–H groups in total. The minimum absolute atomic E-state index is 0.0740. The van der Waals surface area contributed by atoms with E-state index in [1.165, 1.54) is 5.01 Å². The molecule has 96 valence electrons. The lowest BCUT2D eigenvalue weighted by Gasteiger charge is -2.11. The standard InChI is InChI=1S/C12H17N5O/c1-2-4-10-9(5-6-13)11(18)17(16-10)12-14-7-3-8-15-12/h3,7-9H,2,4-6,13H2,1H3. The van der Waals surface area contributed by atoms with Crippen LogP contribution in [0.4, 0.5) is 5.95 Å². The van der Waals surface area contributed by atoms with E-state index in [4.69, 9.17) is 5.73 Å². The summed E-state index contributed by atoms with van der Waals surface area (Å²) in [5.41, 5.74) is 6.45. The molecule has 0 fully saturated rings. The molecule has 1 aromatic heterocycles. The van der Waals surface area contributed by atoms with Crippen molar-refractivity contribution in [3.05, 3.63) is 18.5 Å². The van der Waals surface area contributed by atoms with Gasteiger partial charge in [-0.25, -0.2) is 9.97 Å². The summed E-state index contributed by atoms with van der Waals surface area (Å²) < 4.78 is 0. The number of rotatable bonds is 5. The Hall–Kier alpha value is -1.82. The van der Waals surface area contributed by atoms with Gasteiger partial charge in [0.1, 0.15) is 0 Å². The molecule has 6 nitrogen and oxygen atoms in total. The van der Waals surface area contributed by atoms with E-state index in [2.05, 4.69) is 22.0 Å². The SMILES string of the molecule is CCCC1=NN(c2ncccn2)C(=O)C1CCN. The fourth-order valence-corrected chi connectivity index (χ4v) is 2.02. The van der Waals surface area contributed by atoms with E-state index >= 15 is 0 Å². The number of carbonyl (C=O) groups is 1. The molecule has 6 heteroatoms. The summed E-state index contributed by atoms with van der Waals surface area (Å²) >= 11 is 0. The molecule has 0 aromatic carbocycles. The van der Waals surface area contributed by atoms with Crippen LogP contribution >= 0.6 is 0 Å². The quantitative estimate of drug-likeness (QED) is 0.839. The molecule has 2 heterocycles. The first-order chi connectivity index (χ1) is 8.77. The normalized spacial score (nSPS) is 19.2. The third-order valence-electron chi connectivity index (χ3n) is 2.84. The first-order valence-corrected chi connectivity index (χ1v) is 6.16. The second kappa shape index (κ2) is 5.68. The van der Waals surface area contributed by atoms with Crippen molar-refractivity contribution in [2.45, 2.75) is 26.2 Å². The van der Waals surface area contributed by atoms with Crippen LogP contribution in [0.15, 0.2) is 23.6 Å². The van der Waals surface area contributed by atoms with Gasteiger partial charge in [0.2, 0.25) is 0 Å². The van der Waals surface area contributed by atoms with E-state index in [1.807, 2.05) is 0 Å². The van der Waals surface area contributed by atoms with E-state index in [0.717, 1.165) is 18.6 Å². The van der Waals surface area contributed by atoms with Gasteiger partial charge < -0.3 is 5.73 Å². The maximum atomic E-state index is 12.3. The summed E-state index contributed by atoms with van der Waals surface area (Å²) in [7, 11) is 0. The smallest absolute Gasteiger partial charge is 0.259 e. The largest absolute Gasteiger partial charge is 0.330 e. The van der Waals surface area contributed by atoms with Crippen molar-refractivity contribution in [2.24, 2.45) is 16.8 Å². The Morgan fingerprint density at radius 3 is 2.72 bits per heavy atom. The molecule has 0 radical (unpaired) electrons. The molecule has 1 aromatic rings. The summed E-state index contributed by atoms with van der Waals surface area (Å²) in [6.07, 6.45) is 5.58. The van der Waals surface area contributed by atoms with Gasteiger partial charge in [-0.15, -0.1) is 0 Å². The van der Waals surface area contributed by atoms with Gasteiger partial charge in [-0.1, -0.05) is 13.3 Å². The molecule has 1 amide bonds. The Morgan fingerprint density at radius 2 is 2.11 bits per heavy atom. The third-order valence-corrected chi connectivity index (χ3v) is 2.84. The maximum Gasteiger partial charge on any atom is 0.259 e. The average Bonchev–Trinajstić information content (AvgIpc) is 2.70. The Kier molecular flexibility index (Phi) is 3.99. The van der Waals surface area contributed by atoms with Crippen molar-refractivity contribution in [3.8, 4) is 0 Å². The van der Waals surface area contributed by atoms with Crippen LogP contribution in [-0.2, 0) is 4.79 Å². The first kappa shape index (κ1) is 12.6. The van der Waals surface area contributed by atoms with E-state index in [1.54, 1.807) is 18.5 Å².